The molecule has 0 aliphatic rings. The van der Waals surface area contributed by atoms with Crippen LogP contribution in [0, 0.1) is 6.92 Å². The average molecular weight is 391 g/mol. The lowest BCUT2D eigenvalue weighted by atomic mass is 10.0. The van der Waals surface area contributed by atoms with Crippen LogP contribution in [0.3, 0.4) is 0 Å². The second kappa shape index (κ2) is 6.98. The molecule has 1 heterocycles. The molecule has 140 valence electrons. The van der Waals surface area contributed by atoms with Gasteiger partial charge in [-0.05, 0) is 36.2 Å². The number of furan rings is 1. The van der Waals surface area contributed by atoms with Crippen LogP contribution in [0.25, 0.3) is 22.1 Å². The van der Waals surface area contributed by atoms with Crippen molar-refractivity contribution in [3.05, 3.63) is 90.2 Å². The third kappa shape index (κ3) is 3.30. The van der Waals surface area contributed by atoms with Crippen LogP contribution >= 0.6 is 0 Å². The Bertz CT molecular complexity index is 1260. The van der Waals surface area contributed by atoms with Crippen LogP contribution in [0.1, 0.15) is 16.1 Å². The fourth-order valence-corrected chi connectivity index (χ4v) is 4.30. The molecule has 0 bridgehead atoms. The molecule has 0 saturated carbocycles. The molecule has 0 saturated heterocycles. The van der Waals surface area contributed by atoms with Gasteiger partial charge in [-0.3, -0.25) is 4.79 Å². The number of para-hydroxylation sites is 1. The van der Waals surface area contributed by atoms with Crippen molar-refractivity contribution in [3.63, 3.8) is 0 Å². The Hall–Kier alpha value is -3.38. The molecule has 5 nitrogen and oxygen atoms in total. The van der Waals surface area contributed by atoms with Crippen LogP contribution in [-0.2, 0) is 10.0 Å². The second-order valence-corrected chi connectivity index (χ2v) is 8.05. The maximum Gasteiger partial charge on any atom is 0.300 e. The highest BCUT2D eigenvalue weighted by molar-refractivity contribution is 7.90. The van der Waals surface area contributed by atoms with Gasteiger partial charge in [-0.15, -0.1) is 0 Å². The van der Waals surface area contributed by atoms with Gasteiger partial charge < -0.3 is 4.42 Å². The number of aryl methyl sites for hydroxylation is 1. The highest BCUT2D eigenvalue weighted by Crippen LogP contribution is 2.29. The molecule has 0 aliphatic heterocycles. The molecule has 6 heteroatoms. The first-order valence-electron chi connectivity index (χ1n) is 8.66. The van der Waals surface area contributed by atoms with E-state index in [9.17, 15) is 13.2 Å². The van der Waals surface area contributed by atoms with Gasteiger partial charge in [0.05, 0.1) is 4.90 Å². The van der Waals surface area contributed by atoms with Crippen molar-refractivity contribution >= 4 is 26.9 Å². The Balaban J connectivity index is 1.71. The molecule has 0 radical (unpaired) electrons. The molecule has 28 heavy (non-hydrogen) atoms. The zero-order valence-electron chi connectivity index (χ0n) is 15.0. The highest BCUT2D eigenvalue weighted by atomic mass is 32.2. The molecule has 1 aromatic heterocycles. The lowest BCUT2D eigenvalue weighted by Crippen LogP contribution is -2.30. The molecular formula is C22H17NO4S. The minimum atomic E-state index is -4.10. The molecular weight excluding hydrogens is 374 g/mol. The number of nitrogens with one attached hydrogen (secondary N) is 1. The van der Waals surface area contributed by atoms with Gasteiger partial charge in [-0.1, -0.05) is 60.7 Å². The van der Waals surface area contributed by atoms with Crippen molar-refractivity contribution in [2.45, 2.75) is 11.8 Å². The summed E-state index contributed by atoms with van der Waals surface area (Å²) in [6.07, 6.45) is 0. The van der Waals surface area contributed by atoms with E-state index < -0.39 is 15.9 Å². The molecule has 0 fully saturated rings. The quantitative estimate of drug-likeness (QED) is 0.555. The smallest absolute Gasteiger partial charge is 0.300 e. The predicted molar refractivity (Wildman–Crippen MR) is 107 cm³/mol. The van der Waals surface area contributed by atoms with Crippen molar-refractivity contribution in [2.75, 3.05) is 0 Å². The lowest BCUT2D eigenvalue weighted by molar-refractivity contribution is 0.0956. The van der Waals surface area contributed by atoms with E-state index in [4.69, 9.17) is 4.42 Å². The molecule has 0 aliphatic carbocycles. The van der Waals surface area contributed by atoms with E-state index in [0.717, 1.165) is 16.5 Å². The first-order valence-corrected chi connectivity index (χ1v) is 10.1. The van der Waals surface area contributed by atoms with E-state index in [1.807, 2.05) is 37.3 Å². The van der Waals surface area contributed by atoms with Gasteiger partial charge in [0.25, 0.3) is 10.0 Å². The summed E-state index contributed by atoms with van der Waals surface area (Å²) >= 11 is 0. The van der Waals surface area contributed by atoms with Crippen LogP contribution in [0.4, 0.5) is 0 Å². The Morgan fingerprint density at radius 2 is 1.50 bits per heavy atom. The minimum absolute atomic E-state index is 0.0359. The number of rotatable bonds is 4. The van der Waals surface area contributed by atoms with Crippen molar-refractivity contribution < 1.29 is 17.6 Å². The summed E-state index contributed by atoms with van der Waals surface area (Å²) in [5.41, 5.74) is 2.78. The summed E-state index contributed by atoms with van der Waals surface area (Å²) < 4.78 is 33.5. The van der Waals surface area contributed by atoms with E-state index in [1.165, 1.54) is 12.1 Å². The van der Waals surface area contributed by atoms with Crippen molar-refractivity contribution in [1.82, 2.24) is 4.72 Å². The molecule has 4 aromatic rings. The van der Waals surface area contributed by atoms with Crippen LogP contribution in [0.2, 0.25) is 0 Å². The SMILES string of the molecule is Cc1ccccc1-c1ccccc1S(=O)(=O)NC(=O)c1cc2ccccc2o1. The zero-order chi connectivity index (χ0) is 19.7. The summed E-state index contributed by atoms with van der Waals surface area (Å²) in [7, 11) is -4.10. The second-order valence-electron chi connectivity index (χ2n) is 6.39. The molecule has 0 unspecified atom stereocenters. The molecule has 3 aromatic carbocycles. The van der Waals surface area contributed by atoms with Gasteiger partial charge >= 0.3 is 5.91 Å². The van der Waals surface area contributed by atoms with Crippen LogP contribution in [0.15, 0.2) is 88.2 Å². The zero-order valence-corrected chi connectivity index (χ0v) is 15.9. The summed E-state index contributed by atoms with van der Waals surface area (Å²) in [5, 5.41) is 0.727. The van der Waals surface area contributed by atoms with Crippen LogP contribution in [-0.4, -0.2) is 14.3 Å². The summed E-state index contributed by atoms with van der Waals surface area (Å²) in [5.74, 6) is -0.867. The molecule has 4 rings (SSSR count). The number of hydrogen-bond acceptors (Lipinski definition) is 4. The third-order valence-corrected chi connectivity index (χ3v) is 5.88. The molecule has 1 amide bonds. The summed E-state index contributed by atoms with van der Waals surface area (Å²) in [6, 6.07) is 22.7. The Morgan fingerprint density at radius 1 is 0.857 bits per heavy atom. The minimum Gasteiger partial charge on any atom is -0.451 e. The average Bonchev–Trinajstić information content (AvgIpc) is 3.13. The molecule has 0 spiro atoms. The van der Waals surface area contributed by atoms with Gasteiger partial charge in [0.15, 0.2) is 5.76 Å². The number of carbonyl (C=O) groups excluding carboxylic acids is 1. The number of hydrogen-bond donors (Lipinski definition) is 1. The van der Waals surface area contributed by atoms with Crippen molar-refractivity contribution in [1.29, 1.82) is 0 Å². The number of sulfonamides is 1. The topological polar surface area (TPSA) is 76.4 Å². The Labute approximate surface area is 162 Å². The normalized spacial score (nSPS) is 11.5. The van der Waals surface area contributed by atoms with Crippen molar-refractivity contribution in [2.24, 2.45) is 0 Å². The van der Waals surface area contributed by atoms with E-state index >= 15 is 0 Å². The van der Waals surface area contributed by atoms with Gasteiger partial charge in [0.2, 0.25) is 0 Å². The van der Waals surface area contributed by atoms with Gasteiger partial charge in [0, 0.05) is 10.9 Å². The van der Waals surface area contributed by atoms with Gasteiger partial charge in [-0.2, -0.15) is 0 Å². The summed E-state index contributed by atoms with van der Waals surface area (Å²) in [6.45, 7) is 1.91. The van der Waals surface area contributed by atoms with E-state index in [-0.39, 0.29) is 10.7 Å². The molecule has 1 N–H and O–H groups in total. The Morgan fingerprint density at radius 3 is 2.25 bits per heavy atom. The first-order chi connectivity index (χ1) is 13.5. The largest absolute Gasteiger partial charge is 0.451 e. The third-order valence-electron chi connectivity index (χ3n) is 4.49. The Kier molecular flexibility index (Phi) is 4.49. The van der Waals surface area contributed by atoms with Crippen LogP contribution in [0.5, 0.6) is 0 Å². The first kappa shape index (κ1) is 18.0. The van der Waals surface area contributed by atoms with Gasteiger partial charge in [0.1, 0.15) is 5.58 Å². The van der Waals surface area contributed by atoms with E-state index in [2.05, 4.69) is 4.72 Å². The van der Waals surface area contributed by atoms with Crippen molar-refractivity contribution in [3.8, 4) is 11.1 Å². The number of benzene rings is 3. The maximum atomic E-state index is 13.0. The van der Waals surface area contributed by atoms with E-state index in [0.29, 0.717) is 11.1 Å². The lowest BCUT2D eigenvalue weighted by Gasteiger charge is -2.12. The van der Waals surface area contributed by atoms with E-state index in [1.54, 1.807) is 36.4 Å². The fraction of sp³-hybridized carbons (Fsp3) is 0.0455. The number of amides is 1. The highest BCUT2D eigenvalue weighted by Gasteiger charge is 2.24. The monoisotopic (exact) mass is 391 g/mol. The fourth-order valence-electron chi connectivity index (χ4n) is 3.12. The maximum absolute atomic E-state index is 13.0. The molecule has 0 atom stereocenters. The van der Waals surface area contributed by atoms with Gasteiger partial charge in [-0.25, -0.2) is 13.1 Å². The predicted octanol–water partition coefficient (Wildman–Crippen LogP) is 4.53. The number of carbonyl (C=O) groups is 1. The van der Waals surface area contributed by atoms with Crippen LogP contribution < -0.4 is 4.72 Å². The number of fused-ring (bicyclic) bond motifs is 1. The standard InChI is InChI=1S/C22H17NO4S/c1-15-8-2-4-10-17(15)18-11-5-7-13-21(18)28(25,26)23-22(24)20-14-16-9-3-6-12-19(16)27-20/h2-14H,1H3,(H,23,24). The summed E-state index contributed by atoms with van der Waals surface area (Å²) in [4.78, 5) is 12.6.